The van der Waals surface area contributed by atoms with E-state index in [1.165, 1.54) is 16.6 Å². The molecule has 1 N–H and O–H groups in total. The minimum atomic E-state index is -4.50. The Kier molecular flexibility index (Phi) is 9.50. The number of carbonyl (C=O) groups excluding carboxylic acids is 1. The summed E-state index contributed by atoms with van der Waals surface area (Å²) in [6, 6.07) is 12.6. The van der Waals surface area contributed by atoms with Crippen molar-refractivity contribution in [1.29, 1.82) is 0 Å². The maximum Gasteiger partial charge on any atom is 0.417 e. The zero-order chi connectivity index (χ0) is 27.1. The molecule has 0 bridgehead atoms. The number of carbonyl (C=O) groups is 1. The van der Waals surface area contributed by atoms with Gasteiger partial charge in [-0.1, -0.05) is 5.92 Å². The lowest BCUT2D eigenvalue weighted by molar-refractivity contribution is -0.139. The van der Waals surface area contributed by atoms with Crippen LogP contribution in [0.3, 0.4) is 0 Å². The topological polar surface area (TPSA) is 44.8 Å². The predicted molar refractivity (Wildman–Crippen MR) is 147 cm³/mol. The molecule has 9 heteroatoms. The highest BCUT2D eigenvalue weighted by atomic mass is 32.2. The second kappa shape index (κ2) is 12.8. The summed E-state index contributed by atoms with van der Waals surface area (Å²) < 4.78 is 45.9. The minimum absolute atomic E-state index is 0.0121. The van der Waals surface area contributed by atoms with E-state index >= 15 is 0 Å². The van der Waals surface area contributed by atoms with Crippen LogP contribution in [0.2, 0.25) is 0 Å². The Balaban J connectivity index is 1.20. The molecule has 38 heavy (non-hydrogen) atoms. The van der Waals surface area contributed by atoms with Crippen LogP contribution in [0.4, 0.5) is 24.5 Å². The number of hydrogen-bond acceptors (Lipinski definition) is 5. The highest BCUT2D eigenvalue weighted by Gasteiger charge is 2.33. The molecule has 1 saturated carbocycles. The van der Waals surface area contributed by atoms with Gasteiger partial charge >= 0.3 is 6.18 Å². The third-order valence-corrected chi connectivity index (χ3v) is 8.00. The number of ether oxygens (including phenoxy) is 1. The van der Waals surface area contributed by atoms with E-state index in [4.69, 9.17) is 11.2 Å². The molecule has 1 saturated heterocycles. The quantitative estimate of drug-likeness (QED) is 0.347. The van der Waals surface area contributed by atoms with Crippen LogP contribution in [0.25, 0.3) is 0 Å². The van der Waals surface area contributed by atoms with Gasteiger partial charge in [-0.25, -0.2) is 0 Å². The zero-order valence-electron chi connectivity index (χ0n) is 21.6. The van der Waals surface area contributed by atoms with Gasteiger partial charge in [-0.15, -0.1) is 18.2 Å². The van der Waals surface area contributed by atoms with E-state index in [9.17, 15) is 18.0 Å². The fourth-order valence-electron chi connectivity index (χ4n) is 5.10. The van der Waals surface area contributed by atoms with Gasteiger partial charge in [-0.3, -0.25) is 4.79 Å². The predicted octanol–water partition coefficient (Wildman–Crippen LogP) is 5.89. The molecule has 0 unspecified atom stereocenters. The average Bonchev–Trinajstić information content (AvgIpc) is 3.18. The molecule has 4 rings (SSSR count). The average molecular weight is 546 g/mol. The number of amides is 1. The standard InChI is InChI=1S/C29H34F3N3O2S/c1-3-21-5-6-23(19-27(21)29(30,31)32)33-22-7-11-25(12-8-22)37-20-28(36)35-16-4-15-34(17-18-35)24-9-13-26(38-2)14-10-24/h1,5-6,9-10,13-14,19,22,25,33H,4,7-8,11-12,15-18,20H2,2H3. The first-order valence-corrected chi connectivity index (χ1v) is 14.2. The minimum Gasteiger partial charge on any atom is -0.382 e. The number of hydrogen-bond donors (Lipinski definition) is 1. The van der Waals surface area contributed by atoms with E-state index in [0.717, 1.165) is 57.8 Å². The molecule has 2 fully saturated rings. The van der Waals surface area contributed by atoms with Crippen molar-refractivity contribution in [2.75, 3.05) is 49.3 Å². The van der Waals surface area contributed by atoms with Crippen molar-refractivity contribution in [2.45, 2.75) is 55.3 Å². The van der Waals surface area contributed by atoms with E-state index < -0.39 is 11.7 Å². The number of benzene rings is 2. The number of thioether (sulfide) groups is 1. The zero-order valence-corrected chi connectivity index (χ0v) is 22.4. The van der Waals surface area contributed by atoms with E-state index in [2.05, 4.69) is 46.7 Å². The Morgan fingerprint density at radius 1 is 1.08 bits per heavy atom. The first kappa shape index (κ1) is 28.2. The van der Waals surface area contributed by atoms with Crippen molar-refractivity contribution < 1.29 is 22.7 Å². The fraction of sp³-hybridized carbons (Fsp3) is 0.483. The van der Waals surface area contributed by atoms with Gasteiger partial charge in [0, 0.05) is 54.1 Å². The normalized spacial score (nSPS) is 20.5. The van der Waals surface area contributed by atoms with Gasteiger partial charge in [0.05, 0.1) is 11.7 Å². The Morgan fingerprint density at radius 2 is 1.82 bits per heavy atom. The van der Waals surface area contributed by atoms with Crippen molar-refractivity contribution in [3.05, 3.63) is 53.6 Å². The van der Waals surface area contributed by atoms with Crippen LogP contribution in [-0.4, -0.2) is 62.0 Å². The molecule has 2 aromatic rings. The van der Waals surface area contributed by atoms with Gasteiger partial charge in [0.2, 0.25) is 5.91 Å². The molecule has 1 aliphatic carbocycles. The third-order valence-electron chi connectivity index (χ3n) is 7.25. The van der Waals surface area contributed by atoms with Crippen LogP contribution < -0.4 is 10.2 Å². The molecule has 0 radical (unpaired) electrons. The van der Waals surface area contributed by atoms with Crippen molar-refractivity contribution >= 4 is 29.0 Å². The first-order chi connectivity index (χ1) is 18.3. The molecule has 2 aliphatic rings. The summed E-state index contributed by atoms with van der Waals surface area (Å²) in [4.78, 5) is 18.3. The lowest BCUT2D eigenvalue weighted by atomic mass is 9.92. The van der Waals surface area contributed by atoms with E-state index in [-0.39, 0.29) is 30.2 Å². The van der Waals surface area contributed by atoms with Gasteiger partial charge in [-0.05, 0) is 80.8 Å². The van der Waals surface area contributed by atoms with E-state index in [0.29, 0.717) is 12.2 Å². The van der Waals surface area contributed by atoms with Crippen molar-refractivity contribution in [3.8, 4) is 12.3 Å². The van der Waals surface area contributed by atoms with Crippen LogP contribution in [0.5, 0.6) is 0 Å². The van der Waals surface area contributed by atoms with Crippen LogP contribution in [0.15, 0.2) is 47.4 Å². The molecule has 0 aromatic heterocycles. The molecule has 1 aliphatic heterocycles. The van der Waals surface area contributed by atoms with Gasteiger partial charge in [-0.2, -0.15) is 13.2 Å². The number of nitrogens with zero attached hydrogens (tertiary/aromatic N) is 2. The van der Waals surface area contributed by atoms with Crippen LogP contribution >= 0.6 is 11.8 Å². The summed E-state index contributed by atoms with van der Waals surface area (Å²) in [7, 11) is 0. The highest BCUT2D eigenvalue weighted by molar-refractivity contribution is 7.98. The molecular formula is C29H34F3N3O2S. The summed E-state index contributed by atoms with van der Waals surface area (Å²) in [5.74, 6) is 2.12. The van der Waals surface area contributed by atoms with Crippen molar-refractivity contribution in [2.24, 2.45) is 0 Å². The number of rotatable bonds is 7. The summed E-state index contributed by atoms with van der Waals surface area (Å²) in [5.41, 5.74) is 0.629. The largest absolute Gasteiger partial charge is 0.417 e. The number of nitrogens with one attached hydrogen (secondary N) is 1. The van der Waals surface area contributed by atoms with Crippen molar-refractivity contribution in [1.82, 2.24) is 4.90 Å². The van der Waals surface area contributed by atoms with Gasteiger partial charge in [0.15, 0.2) is 0 Å². The Bertz CT molecular complexity index is 1130. The Morgan fingerprint density at radius 3 is 2.47 bits per heavy atom. The number of halogens is 3. The van der Waals surface area contributed by atoms with Gasteiger partial charge in [0.25, 0.3) is 0 Å². The summed E-state index contributed by atoms with van der Waals surface area (Å²) in [5, 5.41) is 3.21. The molecule has 5 nitrogen and oxygen atoms in total. The molecule has 1 amide bonds. The second-order valence-corrected chi connectivity index (χ2v) is 10.6. The molecular weight excluding hydrogens is 511 g/mol. The number of anilines is 2. The van der Waals surface area contributed by atoms with Gasteiger partial charge in [0.1, 0.15) is 6.61 Å². The smallest absolute Gasteiger partial charge is 0.382 e. The van der Waals surface area contributed by atoms with E-state index in [1.54, 1.807) is 17.8 Å². The second-order valence-electron chi connectivity index (χ2n) is 9.75. The number of terminal acetylenes is 1. The summed E-state index contributed by atoms with van der Waals surface area (Å²) in [6.07, 6.45) is 6.68. The maximum absolute atomic E-state index is 13.3. The Hall–Kier alpha value is -2.83. The highest BCUT2D eigenvalue weighted by Crippen LogP contribution is 2.34. The Labute approximate surface area is 227 Å². The van der Waals surface area contributed by atoms with Gasteiger partial charge < -0.3 is 19.9 Å². The molecule has 0 atom stereocenters. The monoisotopic (exact) mass is 545 g/mol. The molecule has 0 spiro atoms. The third kappa shape index (κ3) is 7.39. The van der Waals surface area contributed by atoms with E-state index in [1.807, 2.05) is 4.90 Å². The SMILES string of the molecule is C#Cc1ccc(NC2CCC(OCC(=O)N3CCCN(c4ccc(SC)cc4)CC3)CC2)cc1C(F)(F)F. The number of alkyl halides is 3. The maximum atomic E-state index is 13.3. The van der Waals surface area contributed by atoms with Crippen LogP contribution in [-0.2, 0) is 15.7 Å². The molecule has 2 aromatic carbocycles. The van der Waals surface area contributed by atoms with Crippen LogP contribution in [0.1, 0.15) is 43.2 Å². The van der Waals surface area contributed by atoms with Crippen LogP contribution in [0, 0.1) is 12.3 Å². The summed E-state index contributed by atoms with van der Waals surface area (Å²) >= 11 is 1.72. The van der Waals surface area contributed by atoms with Crippen molar-refractivity contribution in [3.63, 3.8) is 0 Å². The lowest BCUT2D eigenvalue weighted by Crippen LogP contribution is -2.39. The fourth-order valence-corrected chi connectivity index (χ4v) is 5.51. The molecule has 1 heterocycles. The first-order valence-electron chi connectivity index (χ1n) is 13.0. The summed E-state index contributed by atoms with van der Waals surface area (Å²) in [6.45, 7) is 3.15. The molecule has 204 valence electrons. The lowest BCUT2D eigenvalue weighted by Gasteiger charge is -2.30.